The number of hydrogen-bond donors (Lipinski definition) is 1. The summed E-state index contributed by atoms with van der Waals surface area (Å²) in [5, 5.41) is 14.2. The van der Waals surface area contributed by atoms with Crippen LogP contribution in [0.25, 0.3) is 0 Å². The number of para-hydroxylation sites is 1. The maximum atomic E-state index is 13.2. The Balaban J connectivity index is 1.43. The summed E-state index contributed by atoms with van der Waals surface area (Å²) in [7, 11) is 0. The SMILES string of the molecule is O=C(Nc1ccccc1C(=O)N1CCN(c2ccc(F)cc2)CC1)[C@H]1CC=CC[C@H]1C(=O)[O-]. The summed E-state index contributed by atoms with van der Waals surface area (Å²) >= 11 is 0. The number of rotatable bonds is 5. The first-order valence-electron chi connectivity index (χ1n) is 11.0. The third-order valence-electron chi connectivity index (χ3n) is 6.25. The highest BCUT2D eigenvalue weighted by molar-refractivity contribution is 6.04. The summed E-state index contributed by atoms with van der Waals surface area (Å²) in [5.41, 5.74) is 1.62. The highest BCUT2D eigenvalue weighted by Crippen LogP contribution is 2.28. The fourth-order valence-electron chi connectivity index (χ4n) is 4.36. The number of carbonyl (C=O) groups is 3. The topological polar surface area (TPSA) is 92.8 Å². The van der Waals surface area contributed by atoms with E-state index in [-0.39, 0.29) is 18.1 Å². The number of carboxylic acid groups (broad SMARTS) is 1. The van der Waals surface area contributed by atoms with Gasteiger partial charge in [-0.3, -0.25) is 9.59 Å². The zero-order valence-electron chi connectivity index (χ0n) is 18.1. The first kappa shape index (κ1) is 22.5. The van der Waals surface area contributed by atoms with Crippen molar-refractivity contribution in [3.63, 3.8) is 0 Å². The van der Waals surface area contributed by atoms with E-state index in [4.69, 9.17) is 0 Å². The van der Waals surface area contributed by atoms with Gasteiger partial charge in [-0.25, -0.2) is 4.39 Å². The zero-order valence-corrected chi connectivity index (χ0v) is 18.1. The van der Waals surface area contributed by atoms with Gasteiger partial charge < -0.3 is 25.0 Å². The maximum Gasteiger partial charge on any atom is 0.256 e. The number of benzene rings is 2. The number of carboxylic acids is 1. The van der Waals surface area contributed by atoms with Crippen LogP contribution in [0.4, 0.5) is 15.8 Å². The van der Waals surface area contributed by atoms with E-state index in [9.17, 15) is 23.9 Å². The molecule has 1 fully saturated rings. The van der Waals surface area contributed by atoms with Gasteiger partial charge >= 0.3 is 0 Å². The number of amides is 2. The highest BCUT2D eigenvalue weighted by atomic mass is 19.1. The number of piperazine rings is 1. The largest absolute Gasteiger partial charge is 0.550 e. The zero-order chi connectivity index (χ0) is 23.4. The van der Waals surface area contributed by atoms with Gasteiger partial charge in [0.05, 0.1) is 17.2 Å². The lowest BCUT2D eigenvalue weighted by Crippen LogP contribution is -2.49. The minimum absolute atomic E-state index is 0.204. The quantitative estimate of drug-likeness (QED) is 0.704. The molecule has 2 aromatic rings. The second-order valence-corrected chi connectivity index (χ2v) is 8.27. The number of anilines is 2. The summed E-state index contributed by atoms with van der Waals surface area (Å²) < 4.78 is 13.2. The molecule has 33 heavy (non-hydrogen) atoms. The predicted molar refractivity (Wildman–Crippen MR) is 120 cm³/mol. The van der Waals surface area contributed by atoms with Crippen LogP contribution in [0.1, 0.15) is 23.2 Å². The molecular formula is C25H25FN3O4-. The van der Waals surface area contributed by atoms with Crippen molar-refractivity contribution in [2.24, 2.45) is 11.8 Å². The lowest BCUT2D eigenvalue weighted by Gasteiger charge is -2.36. The first-order chi connectivity index (χ1) is 15.9. The lowest BCUT2D eigenvalue weighted by atomic mass is 9.82. The van der Waals surface area contributed by atoms with E-state index in [2.05, 4.69) is 10.2 Å². The first-order valence-corrected chi connectivity index (χ1v) is 11.0. The summed E-state index contributed by atoms with van der Waals surface area (Å²) in [4.78, 5) is 41.3. The minimum atomic E-state index is -1.25. The molecule has 2 atom stereocenters. The summed E-state index contributed by atoms with van der Waals surface area (Å²) in [6.45, 7) is 2.18. The van der Waals surface area contributed by atoms with E-state index < -0.39 is 23.7 Å². The van der Waals surface area contributed by atoms with Gasteiger partial charge in [0.2, 0.25) is 5.91 Å². The van der Waals surface area contributed by atoms with Gasteiger partial charge in [0.1, 0.15) is 5.82 Å². The van der Waals surface area contributed by atoms with Crippen LogP contribution in [0.3, 0.4) is 0 Å². The molecule has 4 rings (SSSR count). The Morgan fingerprint density at radius 2 is 1.52 bits per heavy atom. The van der Waals surface area contributed by atoms with Crippen LogP contribution in [0.5, 0.6) is 0 Å². The van der Waals surface area contributed by atoms with Crippen LogP contribution in [-0.2, 0) is 9.59 Å². The molecule has 7 nitrogen and oxygen atoms in total. The molecule has 2 amide bonds. The van der Waals surface area contributed by atoms with Crippen molar-refractivity contribution < 1.29 is 23.9 Å². The molecule has 2 aliphatic rings. The van der Waals surface area contributed by atoms with E-state index in [0.29, 0.717) is 43.9 Å². The molecule has 1 aliphatic carbocycles. The van der Waals surface area contributed by atoms with Gasteiger partial charge in [0.15, 0.2) is 0 Å². The molecule has 0 aromatic heterocycles. The number of halogens is 1. The standard InChI is InChI=1S/C25H26FN3O4/c26-17-9-11-18(12-10-17)28-13-15-29(16-14-28)24(31)21-7-3-4-8-22(21)27-23(30)19-5-1-2-6-20(19)25(32)33/h1-4,7-12,19-20H,5-6,13-16H2,(H,27,30)(H,32,33)/p-1/t19-,20+/m0/s1. The molecule has 172 valence electrons. The van der Waals surface area contributed by atoms with Crippen molar-refractivity contribution in [3.05, 3.63) is 72.1 Å². The average molecular weight is 450 g/mol. The number of aliphatic carboxylic acids is 1. The van der Waals surface area contributed by atoms with Gasteiger partial charge in [-0.05, 0) is 49.2 Å². The monoisotopic (exact) mass is 450 g/mol. The van der Waals surface area contributed by atoms with E-state index in [1.807, 2.05) is 0 Å². The van der Waals surface area contributed by atoms with Crippen LogP contribution in [0.15, 0.2) is 60.7 Å². The fraction of sp³-hybridized carbons (Fsp3) is 0.320. The van der Waals surface area contributed by atoms with Gasteiger partial charge in [-0.15, -0.1) is 0 Å². The average Bonchev–Trinajstić information content (AvgIpc) is 2.84. The van der Waals surface area contributed by atoms with Gasteiger partial charge in [0.25, 0.3) is 5.91 Å². The molecule has 2 aromatic carbocycles. The Kier molecular flexibility index (Phi) is 6.72. The Morgan fingerprint density at radius 1 is 0.879 bits per heavy atom. The molecule has 8 heteroatoms. The van der Waals surface area contributed by atoms with Crippen LogP contribution in [0.2, 0.25) is 0 Å². The molecule has 0 unspecified atom stereocenters. The fourth-order valence-corrected chi connectivity index (χ4v) is 4.36. The Hall–Kier alpha value is -3.68. The molecule has 0 bridgehead atoms. The molecule has 0 radical (unpaired) electrons. The van der Waals surface area contributed by atoms with Crippen molar-refractivity contribution in [1.29, 1.82) is 0 Å². The van der Waals surface area contributed by atoms with Crippen molar-refractivity contribution in [2.45, 2.75) is 12.8 Å². The normalized spacial score (nSPS) is 20.4. The number of nitrogens with zero attached hydrogens (tertiary/aromatic N) is 2. The number of allylic oxidation sites excluding steroid dienone is 2. The van der Waals surface area contributed by atoms with Crippen molar-refractivity contribution in [1.82, 2.24) is 4.90 Å². The van der Waals surface area contributed by atoms with E-state index >= 15 is 0 Å². The third-order valence-corrected chi connectivity index (χ3v) is 6.25. The van der Waals surface area contributed by atoms with E-state index in [1.165, 1.54) is 12.1 Å². The summed E-state index contributed by atoms with van der Waals surface area (Å²) in [6.07, 6.45) is 4.10. The maximum absolute atomic E-state index is 13.2. The molecule has 1 heterocycles. The van der Waals surface area contributed by atoms with Crippen LogP contribution >= 0.6 is 0 Å². The van der Waals surface area contributed by atoms with Gasteiger partial charge in [-0.2, -0.15) is 0 Å². The Labute approximate surface area is 191 Å². The summed E-state index contributed by atoms with van der Waals surface area (Å²) in [6, 6.07) is 13.0. The number of nitrogens with one attached hydrogen (secondary N) is 1. The Morgan fingerprint density at radius 3 is 2.18 bits per heavy atom. The summed E-state index contributed by atoms with van der Waals surface area (Å²) in [5.74, 6) is -3.82. The van der Waals surface area contributed by atoms with Crippen LogP contribution in [-0.4, -0.2) is 48.9 Å². The van der Waals surface area contributed by atoms with Crippen LogP contribution in [0, 0.1) is 17.7 Å². The second-order valence-electron chi connectivity index (χ2n) is 8.27. The molecule has 1 aliphatic heterocycles. The minimum Gasteiger partial charge on any atom is -0.550 e. The van der Waals surface area contributed by atoms with E-state index in [1.54, 1.807) is 53.5 Å². The van der Waals surface area contributed by atoms with Crippen molar-refractivity contribution in [2.75, 3.05) is 36.4 Å². The van der Waals surface area contributed by atoms with Gasteiger partial charge in [0, 0.05) is 43.8 Å². The molecule has 1 saturated heterocycles. The van der Waals surface area contributed by atoms with Crippen molar-refractivity contribution >= 4 is 29.2 Å². The molecule has 1 N–H and O–H groups in total. The molecule has 0 spiro atoms. The van der Waals surface area contributed by atoms with Crippen molar-refractivity contribution in [3.8, 4) is 0 Å². The molecule has 0 saturated carbocycles. The lowest BCUT2D eigenvalue weighted by molar-refractivity contribution is -0.313. The highest BCUT2D eigenvalue weighted by Gasteiger charge is 2.31. The van der Waals surface area contributed by atoms with E-state index in [0.717, 1.165) is 5.69 Å². The number of hydrogen-bond acceptors (Lipinski definition) is 5. The predicted octanol–water partition coefficient (Wildman–Crippen LogP) is 2.06. The van der Waals surface area contributed by atoms with Gasteiger partial charge in [-0.1, -0.05) is 24.3 Å². The second kappa shape index (κ2) is 9.85. The third kappa shape index (κ3) is 5.05. The molecular weight excluding hydrogens is 425 g/mol. The number of carbonyl (C=O) groups excluding carboxylic acids is 3. The van der Waals surface area contributed by atoms with Crippen LogP contribution < -0.4 is 15.3 Å². The smallest absolute Gasteiger partial charge is 0.256 e. The Bertz CT molecular complexity index is 1060.